The van der Waals surface area contributed by atoms with Gasteiger partial charge in [-0.05, 0) is 44.9 Å². The van der Waals surface area contributed by atoms with Crippen LogP contribution in [0.15, 0.2) is 24.3 Å². The van der Waals surface area contributed by atoms with E-state index >= 15 is 0 Å². The van der Waals surface area contributed by atoms with E-state index in [9.17, 15) is 24.5 Å². The average molecular weight is 591 g/mol. The summed E-state index contributed by atoms with van der Waals surface area (Å²) in [7, 11) is -4.38. The Morgan fingerprint density at radius 1 is 0.850 bits per heavy atom. The van der Waals surface area contributed by atoms with Crippen molar-refractivity contribution in [2.45, 2.75) is 141 Å². The minimum atomic E-state index is -4.38. The number of aliphatic hydroxyl groups excluding tert-OH is 2. The van der Waals surface area contributed by atoms with Gasteiger partial charge < -0.3 is 26.2 Å². The lowest BCUT2D eigenvalue weighted by molar-refractivity contribution is -0.124. The highest BCUT2D eigenvalue weighted by atomic mass is 31.2. The Balaban J connectivity index is 4.57. The molecular formula is C30H59N2O7P. The molecule has 0 aromatic carbocycles. The molecule has 0 spiro atoms. The Morgan fingerprint density at radius 3 is 2.00 bits per heavy atom. The third kappa shape index (κ3) is 24.7. The summed E-state index contributed by atoms with van der Waals surface area (Å²) in [5, 5.41) is 23.6. The number of amides is 1. The monoisotopic (exact) mass is 590 g/mol. The van der Waals surface area contributed by atoms with Crippen molar-refractivity contribution in [3.8, 4) is 0 Å². The topological polar surface area (TPSA) is 151 Å². The third-order valence-electron chi connectivity index (χ3n) is 6.58. The van der Waals surface area contributed by atoms with E-state index in [1.54, 1.807) is 6.08 Å². The summed E-state index contributed by atoms with van der Waals surface area (Å²) in [5.41, 5.74) is 5.30. The maximum absolute atomic E-state index is 12.6. The highest BCUT2D eigenvalue weighted by molar-refractivity contribution is 7.47. The molecule has 0 radical (unpaired) electrons. The lowest BCUT2D eigenvalue weighted by Crippen LogP contribution is -2.46. The van der Waals surface area contributed by atoms with Gasteiger partial charge >= 0.3 is 7.82 Å². The van der Waals surface area contributed by atoms with Crippen LogP contribution in [0.4, 0.5) is 0 Å². The molecule has 40 heavy (non-hydrogen) atoms. The van der Waals surface area contributed by atoms with Crippen LogP contribution >= 0.6 is 7.82 Å². The zero-order valence-corrected chi connectivity index (χ0v) is 26.1. The fourth-order valence-electron chi connectivity index (χ4n) is 4.17. The van der Waals surface area contributed by atoms with E-state index in [4.69, 9.17) is 14.8 Å². The van der Waals surface area contributed by atoms with Gasteiger partial charge in [0.2, 0.25) is 5.91 Å². The number of carbonyl (C=O) groups excluding carboxylic acids is 1. The largest absolute Gasteiger partial charge is 0.472 e. The number of aliphatic hydroxyl groups is 2. The van der Waals surface area contributed by atoms with Gasteiger partial charge in [-0.1, -0.05) is 95.9 Å². The van der Waals surface area contributed by atoms with Crippen LogP contribution in [0.2, 0.25) is 0 Å². The fourth-order valence-corrected chi connectivity index (χ4v) is 4.93. The van der Waals surface area contributed by atoms with Crippen molar-refractivity contribution in [3.63, 3.8) is 0 Å². The number of nitrogens with one attached hydrogen (secondary N) is 1. The molecule has 0 heterocycles. The Hall–Kier alpha value is -1.06. The van der Waals surface area contributed by atoms with Crippen LogP contribution in [0, 0.1) is 0 Å². The van der Waals surface area contributed by atoms with Crippen molar-refractivity contribution < 1.29 is 33.5 Å². The Morgan fingerprint density at radius 2 is 1.40 bits per heavy atom. The molecule has 0 fully saturated rings. The minimum absolute atomic E-state index is 0.0461. The van der Waals surface area contributed by atoms with Crippen molar-refractivity contribution in [1.29, 1.82) is 0 Å². The van der Waals surface area contributed by atoms with Crippen LogP contribution in [-0.2, 0) is 18.4 Å². The molecule has 0 rings (SSSR count). The molecule has 0 aliphatic rings. The quantitative estimate of drug-likeness (QED) is 0.0418. The lowest BCUT2D eigenvalue weighted by Gasteiger charge is -2.24. The molecule has 0 aliphatic carbocycles. The number of phosphoric acid groups is 1. The number of hydrogen-bond acceptors (Lipinski definition) is 7. The van der Waals surface area contributed by atoms with E-state index in [1.165, 1.54) is 57.8 Å². The molecule has 6 N–H and O–H groups in total. The van der Waals surface area contributed by atoms with Gasteiger partial charge in [0.1, 0.15) is 0 Å². The third-order valence-corrected chi connectivity index (χ3v) is 7.56. The molecule has 9 nitrogen and oxygen atoms in total. The Kier molecular flexibility index (Phi) is 26.1. The van der Waals surface area contributed by atoms with E-state index in [2.05, 4.69) is 31.3 Å². The maximum atomic E-state index is 12.6. The van der Waals surface area contributed by atoms with Crippen LogP contribution in [-0.4, -0.2) is 59.0 Å². The van der Waals surface area contributed by atoms with Crippen molar-refractivity contribution >= 4 is 13.7 Å². The molecule has 4 atom stereocenters. The summed E-state index contributed by atoms with van der Waals surface area (Å²) in [5.74, 6) is -0.470. The van der Waals surface area contributed by atoms with Crippen molar-refractivity contribution in [1.82, 2.24) is 5.32 Å². The molecule has 0 aliphatic heterocycles. The van der Waals surface area contributed by atoms with Gasteiger partial charge in [-0.3, -0.25) is 13.8 Å². The summed E-state index contributed by atoms with van der Waals surface area (Å²) in [4.78, 5) is 22.4. The summed E-state index contributed by atoms with van der Waals surface area (Å²) < 4.78 is 21.8. The van der Waals surface area contributed by atoms with Gasteiger partial charge in [0.15, 0.2) is 0 Å². The van der Waals surface area contributed by atoms with Crippen molar-refractivity contribution in [3.05, 3.63) is 24.3 Å². The molecule has 4 unspecified atom stereocenters. The van der Waals surface area contributed by atoms with Gasteiger partial charge in [0.25, 0.3) is 0 Å². The number of unbranched alkanes of at least 4 members (excludes halogenated alkanes) is 12. The summed E-state index contributed by atoms with van der Waals surface area (Å²) in [6.45, 7) is 3.83. The lowest BCUT2D eigenvalue weighted by atomic mass is 10.1. The first-order valence-electron chi connectivity index (χ1n) is 15.5. The minimum Gasteiger partial charge on any atom is -0.393 e. The predicted molar refractivity (Wildman–Crippen MR) is 163 cm³/mol. The maximum Gasteiger partial charge on any atom is 0.472 e. The predicted octanol–water partition coefficient (Wildman–Crippen LogP) is 6.07. The molecular weight excluding hydrogens is 531 g/mol. The zero-order valence-electron chi connectivity index (χ0n) is 25.2. The first-order valence-corrected chi connectivity index (χ1v) is 17.0. The summed E-state index contributed by atoms with van der Waals surface area (Å²) >= 11 is 0. The highest BCUT2D eigenvalue weighted by Gasteiger charge is 2.27. The first kappa shape index (κ1) is 38.9. The SMILES string of the molecule is CCCCCCC/C=C/C(O)C(COP(=O)(O)OCCN)NC(=O)CC(O)CCC/C=C\CCCCCCCC. The molecule has 0 saturated carbocycles. The second-order valence-corrected chi connectivity index (χ2v) is 12.0. The van der Waals surface area contributed by atoms with Crippen LogP contribution in [0.1, 0.15) is 123 Å². The zero-order chi connectivity index (χ0) is 29.9. The van der Waals surface area contributed by atoms with Gasteiger partial charge in [0.05, 0.1) is 37.9 Å². The van der Waals surface area contributed by atoms with Crippen molar-refractivity contribution in [2.75, 3.05) is 19.8 Å². The van der Waals surface area contributed by atoms with E-state index in [0.717, 1.165) is 38.5 Å². The second-order valence-electron chi connectivity index (χ2n) is 10.5. The van der Waals surface area contributed by atoms with Gasteiger partial charge in [-0.2, -0.15) is 0 Å². The van der Waals surface area contributed by atoms with E-state index in [0.29, 0.717) is 6.42 Å². The van der Waals surface area contributed by atoms with Crippen LogP contribution in [0.25, 0.3) is 0 Å². The Labute approximate surface area is 243 Å². The second kappa shape index (κ2) is 26.8. The number of rotatable bonds is 28. The standard InChI is InChI=1S/C30H59N2O7P/c1-3-5-7-9-11-12-13-14-16-17-19-21-27(33)25-30(35)32-28(26-39-40(36,37)38-24-23-31)29(34)22-20-18-15-10-8-6-4-2/h14,16,20,22,27-29,33-34H,3-13,15,17-19,21,23-26,31H2,1-2H3,(H,32,35)(H,36,37)/b16-14-,22-20+. The van der Waals surface area contributed by atoms with Crippen LogP contribution in [0.5, 0.6) is 0 Å². The number of nitrogens with two attached hydrogens (primary N) is 1. The number of phosphoric ester groups is 1. The number of carbonyl (C=O) groups is 1. The molecule has 0 bridgehead atoms. The van der Waals surface area contributed by atoms with Crippen LogP contribution in [0.3, 0.4) is 0 Å². The van der Waals surface area contributed by atoms with E-state index in [1.807, 2.05) is 6.08 Å². The average Bonchev–Trinajstić information content (AvgIpc) is 2.92. The number of allylic oxidation sites excluding steroid dienone is 3. The normalized spacial score (nSPS) is 15.8. The first-order chi connectivity index (χ1) is 19.3. The van der Waals surface area contributed by atoms with Gasteiger partial charge in [-0.25, -0.2) is 4.57 Å². The number of hydrogen-bond donors (Lipinski definition) is 5. The van der Waals surface area contributed by atoms with Gasteiger partial charge in [0, 0.05) is 6.54 Å². The molecule has 0 aromatic rings. The summed E-state index contributed by atoms with van der Waals surface area (Å²) in [6.07, 6.45) is 22.9. The fraction of sp³-hybridized carbons (Fsp3) is 0.833. The highest BCUT2D eigenvalue weighted by Crippen LogP contribution is 2.43. The Bertz CT molecular complexity index is 706. The molecule has 0 aromatic heterocycles. The van der Waals surface area contributed by atoms with E-state index < -0.39 is 38.6 Å². The van der Waals surface area contributed by atoms with Crippen LogP contribution < -0.4 is 11.1 Å². The van der Waals surface area contributed by atoms with Gasteiger partial charge in [-0.15, -0.1) is 0 Å². The molecule has 236 valence electrons. The van der Waals surface area contributed by atoms with E-state index in [-0.39, 0.29) is 19.6 Å². The molecule has 10 heteroatoms. The smallest absolute Gasteiger partial charge is 0.393 e. The molecule has 0 saturated heterocycles. The summed E-state index contributed by atoms with van der Waals surface area (Å²) in [6, 6.07) is -0.983. The van der Waals surface area contributed by atoms with Crippen molar-refractivity contribution in [2.24, 2.45) is 5.73 Å². The molecule has 1 amide bonds.